The summed E-state index contributed by atoms with van der Waals surface area (Å²) in [5, 5.41) is 11.4. The normalized spacial score (nSPS) is 18.4. The summed E-state index contributed by atoms with van der Waals surface area (Å²) in [6, 6.07) is 9.71. The molecule has 1 amide bonds. The monoisotopic (exact) mass is 454 g/mol. The molecule has 0 unspecified atom stereocenters. The summed E-state index contributed by atoms with van der Waals surface area (Å²) >= 11 is 0. The first-order valence-corrected chi connectivity index (χ1v) is 10.9. The maximum Gasteiger partial charge on any atom is 0.269 e. The maximum atomic E-state index is 13.9. The van der Waals surface area contributed by atoms with Crippen molar-refractivity contribution >= 4 is 11.6 Å². The van der Waals surface area contributed by atoms with E-state index in [0.717, 1.165) is 63.0 Å². The third-order valence-corrected chi connectivity index (χ3v) is 5.98. The van der Waals surface area contributed by atoms with Crippen molar-refractivity contribution in [3.05, 3.63) is 65.5 Å². The molecule has 8 nitrogen and oxygen atoms in total. The third-order valence-electron chi connectivity index (χ3n) is 5.98. The molecule has 1 saturated heterocycles. The molecule has 5 rings (SSSR count). The number of piperazine rings is 1. The quantitative estimate of drug-likeness (QED) is 0.549. The van der Waals surface area contributed by atoms with Gasteiger partial charge < -0.3 is 21.1 Å². The van der Waals surface area contributed by atoms with Gasteiger partial charge in [0.2, 0.25) is 0 Å². The van der Waals surface area contributed by atoms with Gasteiger partial charge in [0, 0.05) is 38.8 Å². The van der Waals surface area contributed by atoms with Crippen molar-refractivity contribution in [2.24, 2.45) is 5.73 Å². The molecule has 0 spiro atoms. The molecule has 4 N–H and O–H groups in total. The Morgan fingerprint density at radius 3 is 2.58 bits per heavy atom. The standard InChI is InChI=1S/C23H24F2N6O2/c24-14-1-6-17(25)19(13-14)33-16-4-2-15(3-5-16)31-22(23(26)32)21-20(29-31)18(7-8-28-21)30-11-9-27-10-12-30/h1-6,13,18,27-28H,7-12H2,(H2,26,32)/t18-/m1/s1. The number of hydrogen-bond donors (Lipinski definition) is 3. The summed E-state index contributed by atoms with van der Waals surface area (Å²) in [6.45, 7) is 4.36. The van der Waals surface area contributed by atoms with Crippen molar-refractivity contribution in [3.8, 4) is 17.2 Å². The van der Waals surface area contributed by atoms with E-state index >= 15 is 0 Å². The minimum absolute atomic E-state index is 0.0984. The Balaban J connectivity index is 1.47. The molecule has 0 bridgehead atoms. The van der Waals surface area contributed by atoms with Gasteiger partial charge >= 0.3 is 0 Å². The predicted molar refractivity (Wildman–Crippen MR) is 119 cm³/mol. The molecule has 0 aliphatic carbocycles. The number of rotatable bonds is 5. The van der Waals surface area contributed by atoms with Crippen LogP contribution in [-0.2, 0) is 0 Å². The van der Waals surface area contributed by atoms with Gasteiger partial charge in [-0.2, -0.15) is 5.10 Å². The second-order valence-corrected chi connectivity index (χ2v) is 8.07. The van der Waals surface area contributed by atoms with Crippen molar-refractivity contribution in [2.45, 2.75) is 12.5 Å². The molecule has 0 radical (unpaired) electrons. The lowest BCUT2D eigenvalue weighted by Gasteiger charge is -2.36. The Kier molecular flexibility index (Phi) is 5.69. The SMILES string of the molecule is NC(=O)c1c2c(nn1-c1ccc(Oc3cc(F)ccc3F)cc1)[C@H](N1CCNCC1)CCN2. The minimum atomic E-state index is -0.665. The van der Waals surface area contributed by atoms with E-state index in [9.17, 15) is 13.6 Å². The van der Waals surface area contributed by atoms with Gasteiger partial charge in [-0.3, -0.25) is 9.69 Å². The Labute approximate surface area is 189 Å². The zero-order chi connectivity index (χ0) is 22.9. The number of primary amides is 1. The van der Waals surface area contributed by atoms with Crippen LogP contribution in [0.3, 0.4) is 0 Å². The zero-order valence-electron chi connectivity index (χ0n) is 17.9. The zero-order valence-corrected chi connectivity index (χ0v) is 17.9. The number of hydrogen-bond acceptors (Lipinski definition) is 6. The van der Waals surface area contributed by atoms with Gasteiger partial charge in [0.05, 0.1) is 17.4 Å². The van der Waals surface area contributed by atoms with Crippen molar-refractivity contribution in [3.63, 3.8) is 0 Å². The van der Waals surface area contributed by atoms with Crippen LogP contribution in [0.2, 0.25) is 0 Å². The maximum absolute atomic E-state index is 13.9. The number of aromatic nitrogens is 2. The number of carbonyl (C=O) groups excluding carboxylic acids is 1. The smallest absolute Gasteiger partial charge is 0.269 e. The lowest BCUT2D eigenvalue weighted by atomic mass is 10.0. The minimum Gasteiger partial charge on any atom is -0.454 e. The number of fused-ring (bicyclic) bond motifs is 1. The van der Waals surface area contributed by atoms with Crippen LogP contribution in [-0.4, -0.2) is 53.3 Å². The molecule has 1 fully saturated rings. The molecular formula is C23H24F2N6O2. The van der Waals surface area contributed by atoms with Crippen LogP contribution < -0.4 is 21.1 Å². The Bertz CT molecular complexity index is 1170. The number of carbonyl (C=O) groups is 1. The van der Waals surface area contributed by atoms with E-state index in [1.165, 1.54) is 4.68 Å². The average Bonchev–Trinajstić information content (AvgIpc) is 3.22. The largest absolute Gasteiger partial charge is 0.454 e. The fourth-order valence-corrected chi connectivity index (χ4v) is 4.41. The molecule has 33 heavy (non-hydrogen) atoms. The number of nitrogens with zero attached hydrogens (tertiary/aromatic N) is 3. The molecule has 1 aromatic heterocycles. The van der Waals surface area contributed by atoms with Gasteiger partial charge in [-0.05, 0) is 42.8 Å². The van der Waals surface area contributed by atoms with E-state index in [1.807, 2.05) is 0 Å². The first kappa shape index (κ1) is 21.4. The number of anilines is 1. The number of nitrogens with one attached hydrogen (secondary N) is 2. The fourth-order valence-electron chi connectivity index (χ4n) is 4.41. The molecule has 0 saturated carbocycles. The summed E-state index contributed by atoms with van der Waals surface area (Å²) in [7, 11) is 0. The number of nitrogens with two attached hydrogens (primary N) is 1. The van der Waals surface area contributed by atoms with E-state index in [1.54, 1.807) is 24.3 Å². The summed E-state index contributed by atoms with van der Waals surface area (Å²) in [5.74, 6) is -1.74. The first-order valence-electron chi connectivity index (χ1n) is 10.9. The predicted octanol–water partition coefficient (Wildman–Crippen LogP) is 2.80. The van der Waals surface area contributed by atoms with Gasteiger partial charge in [0.15, 0.2) is 17.3 Å². The summed E-state index contributed by atoms with van der Waals surface area (Å²) in [6.07, 6.45) is 0.883. The highest BCUT2D eigenvalue weighted by molar-refractivity contribution is 5.98. The van der Waals surface area contributed by atoms with Crippen LogP contribution in [0.25, 0.3) is 5.69 Å². The highest BCUT2D eigenvalue weighted by Gasteiger charge is 2.34. The van der Waals surface area contributed by atoms with Gasteiger partial charge in [-0.15, -0.1) is 0 Å². The average molecular weight is 454 g/mol. The molecular weight excluding hydrogens is 430 g/mol. The van der Waals surface area contributed by atoms with Crippen LogP contribution in [0.5, 0.6) is 11.5 Å². The summed E-state index contributed by atoms with van der Waals surface area (Å²) in [5.41, 5.74) is 8.10. The first-order chi connectivity index (χ1) is 16.0. The van der Waals surface area contributed by atoms with Crippen molar-refractivity contribution < 1.29 is 18.3 Å². The van der Waals surface area contributed by atoms with Gasteiger partial charge in [0.1, 0.15) is 17.3 Å². The molecule has 2 aliphatic heterocycles. The molecule has 2 aromatic carbocycles. The summed E-state index contributed by atoms with van der Waals surface area (Å²) in [4.78, 5) is 14.8. The number of ether oxygens (including phenoxy) is 1. The molecule has 3 aromatic rings. The van der Waals surface area contributed by atoms with Crippen LogP contribution in [0, 0.1) is 11.6 Å². The summed E-state index contributed by atoms with van der Waals surface area (Å²) < 4.78 is 34.3. The van der Waals surface area contributed by atoms with Gasteiger partial charge in [-0.1, -0.05) is 0 Å². The Hall–Kier alpha value is -3.50. The number of amides is 1. The molecule has 172 valence electrons. The van der Waals surface area contributed by atoms with Crippen molar-refractivity contribution in [1.82, 2.24) is 20.0 Å². The molecule has 3 heterocycles. The van der Waals surface area contributed by atoms with E-state index in [4.69, 9.17) is 15.6 Å². The number of halogens is 2. The highest BCUT2D eigenvalue weighted by Crippen LogP contribution is 2.37. The van der Waals surface area contributed by atoms with Gasteiger partial charge in [0.25, 0.3) is 5.91 Å². The lowest BCUT2D eigenvalue weighted by Crippen LogP contribution is -2.46. The lowest BCUT2D eigenvalue weighted by molar-refractivity contribution is 0.0993. The second kappa shape index (κ2) is 8.80. The number of benzene rings is 2. The molecule has 1 atom stereocenters. The van der Waals surface area contributed by atoms with E-state index in [2.05, 4.69) is 15.5 Å². The third kappa shape index (κ3) is 4.14. The van der Waals surface area contributed by atoms with Crippen LogP contribution >= 0.6 is 0 Å². The van der Waals surface area contributed by atoms with E-state index in [-0.39, 0.29) is 17.5 Å². The highest BCUT2D eigenvalue weighted by atomic mass is 19.1. The van der Waals surface area contributed by atoms with Crippen LogP contribution in [0.1, 0.15) is 28.6 Å². The fraction of sp³-hybridized carbons (Fsp3) is 0.304. The molecule has 2 aliphatic rings. The van der Waals surface area contributed by atoms with Gasteiger partial charge in [-0.25, -0.2) is 13.5 Å². The topological polar surface area (TPSA) is 97.4 Å². The Morgan fingerprint density at radius 2 is 1.85 bits per heavy atom. The second-order valence-electron chi connectivity index (χ2n) is 8.07. The van der Waals surface area contributed by atoms with E-state index in [0.29, 0.717) is 17.1 Å². The van der Waals surface area contributed by atoms with Crippen molar-refractivity contribution in [2.75, 3.05) is 38.0 Å². The van der Waals surface area contributed by atoms with E-state index < -0.39 is 17.5 Å². The van der Waals surface area contributed by atoms with Crippen LogP contribution in [0.4, 0.5) is 14.5 Å². The van der Waals surface area contributed by atoms with Crippen molar-refractivity contribution in [1.29, 1.82) is 0 Å². The molecule has 10 heteroatoms. The van der Waals surface area contributed by atoms with Crippen LogP contribution in [0.15, 0.2) is 42.5 Å². The Morgan fingerprint density at radius 1 is 1.09 bits per heavy atom.